The summed E-state index contributed by atoms with van der Waals surface area (Å²) in [6, 6.07) is 53.8. The standard InChI is InChI=1S/C65H60N4O6/c1-11-68(55-37-53-57(33-39(55)3)72-59-35-45(66(7)8)29-31-51(59)64(53)49-19-15-13-17-47(49)61(70)74-64)43-25-21-41(22-26-43)63(5,6)42-23-27-44(28-24-42)69(12-2)56-38-54-58(34-40(56)4)73-60-36-46(67(9)10)30-32-52(60)65(54)50-20-16-14-18-48(50)62(71)75-65/h13-38H,11-12H2,1-10H3. The van der Waals surface area contributed by atoms with E-state index >= 15 is 0 Å². The van der Waals surface area contributed by atoms with Gasteiger partial charge < -0.3 is 38.5 Å². The van der Waals surface area contributed by atoms with Crippen molar-refractivity contribution in [1.82, 2.24) is 0 Å². The predicted molar refractivity (Wildman–Crippen MR) is 298 cm³/mol. The Balaban J connectivity index is 0.852. The fraction of sp³-hybridized carbons (Fsp3) is 0.231. The SMILES string of the molecule is CCN(c1ccc(C(C)(C)c2ccc(N(CC)c3cc4c(cc3C)Oc3cc(N(C)C)ccc3C43OC(=O)c4ccccc43)cc2)cc1)c1cc2c(cc1C)Oc1cc(N(C)C)ccc1C21OC(=O)c2ccccc21. The molecule has 2 spiro atoms. The summed E-state index contributed by atoms with van der Waals surface area (Å²) in [6.45, 7) is 14.5. The number of hydrogen-bond donors (Lipinski definition) is 0. The molecular formula is C65H60N4O6. The number of ether oxygens (including phenoxy) is 4. The van der Waals surface area contributed by atoms with Crippen LogP contribution in [-0.4, -0.2) is 53.2 Å². The Kier molecular flexibility index (Phi) is 11.0. The van der Waals surface area contributed by atoms with E-state index in [1.54, 1.807) is 0 Å². The van der Waals surface area contributed by atoms with Crippen molar-refractivity contribution in [3.63, 3.8) is 0 Å². The van der Waals surface area contributed by atoms with E-state index < -0.39 is 11.2 Å². The molecule has 12 rings (SSSR count). The van der Waals surface area contributed by atoms with Crippen LogP contribution in [-0.2, 0) is 26.1 Å². The molecule has 0 amide bonds. The molecule has 0 saturated carbocycles. The molecule has 4 aliphatic heterocycles. The molecule has 0 radical (unpaired) electrons. The third-order valence-electron chi connectivity index (χ3n) is 16.1. The van der Waals surface area contributed by atoms with Crippen LogP contribution >= 0.6 is 0 Å². The zero-order valence-corrected chi connectivity index (χ0v) is 44.2. The second-order valence-electron chi connectivity index (χ2n) is 21.1. The minimum Gasteiger partial charge on any atom is -0.456 e. The Hall–Kier alpha value is -8.50. The molecule has 75 heavy (non-hydrogen) atoms. The quantitative estimate of drug-likeness (QED) is 0.124. The highest BCUT2D eigenvalue weighted by molar-refractivity contribution is 5.98. The largest absolute Gasteiger partial charge is 0.456 e. The molecule has 8 aromatic rings. The number of hydrogen-bond acceptors (Lipinski definition) is 10. The molecule has 0 N–H and O–H groups in total. The summed E-state index contributed by atoms with van der Waals surface area (Å²) in [7, 11) is 8.01. The molecule has 0 aromatic heterocycles. The molecule has 10 nitrogen and oxygen atoms in total. The van der Waals surface area contributed by atoms with Crippen molar-refractivity contribution < 1.29 is 28.5 Å². The summed E-state index contributed by atoms with van der Waals surface area (Å²) in [4.78, 5) is 36.1. The maximum absolute atomic E-state index is 13.7. The molecule has 0 aliphatic carbocycles. The first-order valence-electron chi connectivity index (χ1n) is 25.8. The van der Waals surface area contributed by atoms with Crippen LogP contribution in [0.4, 0.5) is 34.1 Å². The van der Waals surface area contributed by atoms with Gasteiger partial charge >= 0.3 is 11.9 Å². The molecule has 4 aliphatic rings. The molecular weight excluding hydrogens is 933 g/mol. The summed E-state index contributed by atoms with van der Waals surface area (Å²) in [5, 5.41) is 0. The van der Waals surface area contributed by atoms with Crippen molar-refractivity contribution in [2.75, 3.05) is 60.9 Å². The number of carbonyl (C=O) groups is 2. The van der Waals surface area contributed by atoms with E-state index in [1.165, 1.54) is 11.1 Å². The van der Waals surface area contributed by atoms with Crippen molar-refractivity contribution >= 4 is 46.1 Å². The third-order valence-corrected chi connectivity index (χ3v) is 16.1. The van der Waals surface area contributed by atoms with Crippen molar-refractivity contribution in [2.24, 2.45) is 0 Å². The normalized spacial score (nSPS) is 17.4. The molecule has 0 bridgehead atoms. The van der Waals surface area contributed by atoms with Crippen LogP contribution in [0.5, 0.6) is 23.0 Å². The monoisotopic (exact) mass is 992 g/mol. The first-order valence-corrected chi connectivity index (χ1v) is 25.8. The second-order valence-corrected chi connectivity index (χ2v) is 21.1. The van der Waals surface area contributed by atoms with Crippen LogP contribution in [0, 0.1) is 13.8 Å². The smallest absolute Gasteiger partial charge is 0.340 e. The molecule has 376 valence electrons. The topological polar surface area (TPSA) is 84.0 Å². The molecule has 2 atom stereocenters. The van der Waals surface area contributed by atoms with E-state index in [2.05, 4.69) is 124 Å². The van der Waals surface area contributed by atoms with Crippen LogP contribution < -0.4 is 29.1 Å². The van der Waals surface area contributed by atoms with E-state index in [0.717, 1.165) is 78.6 Å². The van der Waals surface area contributed by atoms with Crippen LogP contribution in [0.2, 0.25) is 0 Å². The highest BCUT2D eigenvalue weighted by Gasteiger charge is 2.55. The van der Waals surface area contributed by atoms with Gasteiger partial charge in [-0.2, -0.15) is 0 Å². The lowest BCUT2D eigenvalue weighted by molar-refractivity contribution is 0.0214. The number of anilines is 6. The van der Waals surface area contributed by atoms with Gasteiger partial charge in [0, 0.05) is 126 Å². The number of aryl methyl sites for hydroxylation is 2. The third kappa shape index (κ3) is 7.05. The Morgan fingerprint density at radius 1 is 0.427 bits per heavy atom. The van der Waals surface area contributed by atoms with Gasteiger partial charge in [0.25, 0.3) is 0 Å². The van der Waals surface area contributed by atoms with Crippen LogP contribution in [0.25, 0.3) is 0 Å². The molecule has 0 fully saturated rings. The van der Waals surface area contributed by atoms with E-state index in [-0.39, 0.29) is 17.4 Å². The fourth-order valence-corrected chi connectivity index (χ4v) is 12.0. The number of rotatable bonds is 10. The number of benzene rings is 8. The molecule has 4 heterocycles. The van der Waals surface area contributed by atoms with Gasteiger partial charge in [0.05, 0.1) is 11.1 Å². The van der Waals surface area contributed by atoms with Crippen molar-refractivity contribution in [3.05, 3.63) is 224 Å². The lowest BCUT2D eigenvalue weighted by Gasteiger charge is -2.38. The molecule has 10 heteroatoms. The maximum atomic E-state index is 13.7. The van der Waals surface area contributed by atoms with Gasteiger partial charge in [-0.05, 0) is 135 Å². The first-order chi connectivity index (χ1) is 36.1. The van der Waals surface area contributed by atoms with Gasteiger partial charge in [0.1, 0.15) is 23.0 Å². The minimum absolute atomic E-state index is 0.332. The maximum Gasteiger partial charge on any atom is 0.340 e. The summed E-state index contributed by atoms with van der Waals surface area (Å²) < 4.78 is 26.6. The Morgan fingerprint density at radius 2 is 0.787 bits per heavy atom. The second kappa shape index (κ2) is 17.3. The predicted octanol–water partition coefficient (Wildman–Crippen LogP) is 14.2. The highest BCUT2D eigenvalue weighted by atomic mass is 16.6. The number of esters is 2. The number of carbonyl (C=O) groups excluding carboxylic acids is 2. The van der Waals surface area contributed by atoms with Crippen LogP contribution in [0.1, 0.15) is 104 Å². The van der Waals surface area contributed by atoms with E-state index in [9.17, 15) is 9.59 Å². The van der Waals surface area contributed by atoms with Gasteiger partial charge in [-0.3, -0.25) is 0 Å². The number of nitrogens with zero attached hydrogens (tertiary/aromatic N) is 4. The average Bonchev–Trinajstić information content (AvgIpc) is 4.00. The summed E-state index contributed by atoms with van der Waals surface area (Å²) >= 11 is 0. The lowest BCUT2D eigenvalue weighted by Crippen LogP contribution is -2.33. The van der Waals surface area contributed by atoms with Gasteiger partial charge in [0.2, 0.25) is 0 Å². The minimum atomic E-state index is -1.18. The number of fused-ring (bicyclic) bond motifs is 12. The van der Waals surface area contributed by atoms with Crippen molar-refractivity contribution in [2.45, 2.75) is 58.2 Å². The average molecular weight is 993 g/mol. The Morgan fingerprint density at radius 3 is 1.16 bits per heavy atom. The van der Waals surface area contributed by atoms with Gasteiger partial charge in [-0.1, -0.05) is 74.5 Å². The van der Waals surface area contributed by atoms with E-state index in [0.29, 0.717) is 47.2 Å². The zero-order valence-electron chi connectivity index (χ0n) is 44.2. The molecule has 8 aromatic carbocycles. The van der Waals surface area contributed by atoms with Gasteiger partial charge in [-0.15, -0.1) is 0 Å². The lowest BCUT2D eigenvalue weighted by atomic mass is 9.77. The Bertz CT molecular complexity index is 3420. The van der Waals surface area contributed by atoms with E-state index in [1.807, 2.05) is 123 Å². The van der Waals surface area contributed by atoms with Crippen molar-refractivity contribution in [1.29, 1.82) is 0 Å². The van der Waals surface area contributed by atoms with Crippen LogP contribution in [0.3, 0.4) is 0 Å². The zero-order chi connectivity index (χ0) is 52.3. The van der Waals surface area contributed by atoms with Crippen LogP contribution in [0.15, 0.2) is 158 Å². The molecule has 0 saturated heterocycles. The summed E-state index contributed by atoms with van der Waals surface area (Å²) in [6.07, 6.45) is 0. The van der Waals surface area contributed by atoms with Crippen molar-refractivity contribution in [3.8, 4) is 23.0 Å². The van der Waals surface area contributed by atoms with Gasteiger partial charge in [-0.25, -0.2) is 9.59 Å². The Labute approximate surface area is 439 Å². The molecule has 2 unspecified atom stereocenters. The first kappa shape index (κ1) is 47.5. The highest BCUT2D eigenvalue weighted by Crippen LogP contribution is 2.60. The summed E-state index contributed by atoms with van der Waals surface area (Å²) in [5.41, 5.74) is 13.7. The fourth-order valence-electron chi connectivity index (χ4n) is 12.0. The summed E-state index contributed by atoms with van der Waals surface area (Å²) in [5.74, 6) is 1.96. The van der Waals surface area contributed by atoms with Gasteiger partial charge in [0.15, 0.2) is 11.2 Å². The van der Waals surface area contributed by atoms with E-state index in [4.69, 9.17) is 18.9 Å².